The van der Waals surface area contributed by atoms with E-state index in [9.17, 15) is 28.8 Å². The van der Waals surface area contributed by atoms with Crippen LogP contribution in [0.5, 0.6) is 0 Å². The molecular formula is C46H54N20O7. The summed E-state index contributed by atoms with van der Waals surface area (Å²) in [4.78, 5) is 120. The van der Waals surface area contributed by atoms with E-state index in [0.29, 0.717) is 46.9 Å². The van der Waals surface area contributed by atoms with Gasteiger partial charge in [-0.25, -0.2) is 64.2 Å². The van der Waals surface area contributed by atoms with Gasteiger partial charge in [-0.15, -0.1) is 0 Å². The van der Waals surface area contributed by atoms with Crippen LogP contribution in [-0.4, -0.2) is 119 Å². The van der Waals surface area contributed by atoms with Gasteiger partial charge in [-0.3, -0.25) is 32.7 Å². The Labute approximate surface area is 414 Å². The van der Waals surface area contributed by atoms with Crippen molar-refractivity contribution >= 4 is 57.7 Å². The minimum atomic E-state index is -1.08. The highest BCUT2D eigenvalue weighted by atomic mass is 16.4. The third-order valence-corrected chi connectivity index (χ3v) is 12.9. The molecule has 2 fully saturated rings. The van der Waals surface area contributed by atoms with E-state index in [1.807, 2.05) is 0 Å². The largest absolute Gasteiger partial charge is 0.480 e. The number of aromatic nitrogens is 16. The first kappa shape index (κ1) is 50.4. The topological polar surface area (TPSA) is 326 Å². The van der Waals surface area contributed by atoms with Crippen LogP contribution in [0.4, 0.5) is 23.5 Å². The molecule has 4 atom stereocenters. The van der Waals surface area contributed by atoms with Crippen LogP contribution in [0.1, 0.15) is 65.5 Å². The van der Waals surface area contributed by atoms with Crippen molar-refractivity contribution in [2.75, 3.05) is 33.9 Å². The predicted molar refractivity (Wildman–Crippen MR) is 269 cm³/mol. The zero-order valence-corrected chi connectivity index (χ0v) is 41.3. The van der Waals surface area contributed by atoms with Crippen LogP contribution in [0.25, 0.3) is 45.1 Å². The molecule has 0 bridgehead atoms. The monoisotopic (exact) mass is 998 g/mol. The Morgan fingerprint density at radius 3 is 1.49 bits per heavy atom. The zero-order chi connectivity index (χ0) is 52.4. The number of nitrogens with zero attached hydrogens (tertiary/aromatic N) is 18. The van der Waals surface area contributed by atoms with Gasteiger partial charge < -0.3 is 35.1 Å². The quantitative estimate of drug-likeness (QED) is 0.184. The van der Waals surface area contributed by atoms with Gasteiger partial charge in [0.1, 0.15) is 23.7 Å². The fourth-order valence-corrected chi connectivity index (χ4v) is 8.50. The second-order valence-corrected chi connectivity index (χ2v) is 17.7. The second-order valence-electron chi connectivity index (χ2n) is 17.7. The Balaban J connectivity index is 0.000000161. The molecular weight excluding hydrogens is 945 g/mol. The van der Waals surface area contributed by atoms with E-state index in [1.165, 1.54) is 85.1 Å². The van der Waals surface area contributed by atoms with Gasteiger partial charge in [-0.1, -0.05) is 0 Å². The average Bonchev–Trinajstić information content (AvgIpc) is 4.24. The fourth-order valence-electron chi connectivity index (χ4n) is 8.50. The molecule has 0 aliphatic carbocycles. The maximum absolute atomic E-state index is 13.0. The van der Waals surface area contributed by atoms with E-state index in [0.717, 1.165) is 46.6 Å². The fraction of sp³-hybridized carbons (Fsp3) is 0.391. The molecule has 2 aliphatic rings. The summed E-state index contributed by atoms with van der Waals surface area (Å²) in [5.74, 6) is 1.63. The number of nitrogens with two attached hydrogens (primary N) is 1. The first-order valence-corrected chi connectivity index (χ1v) is 23.2. The van der Waals surface area contributed by atoms with E-state index in [-0.39, 0.29) is 22.3 Å². The molecule has 27 heteroatoms. The predicted octanol–water partition coefficient (Wildman–Crippen LogP) is 1.45. The molecule has 73 heavy (non-hydrogen) atoms. The Morgan fingerprint density at radius 1 is 0.630 bits per heavy atom. The summed E-state index contributed by atoms with van der Waals surface area (Å²) in [5.41, 5.74) is 5.63. The van der Waals surface area contributed by atoms with Crippen LogP contribution in [0.3, 0.4) is 0 Å². The van der Waals surface area contributed by atoms with Crippen LogP contribution in [-0.2, 0) is 37.8 Å². The maximum Gasteiger partial charge on any atom is 0.332 e. The number of hydrogen-bond acceptors (Lipinski definition) is 19. The Kier molecular flexibility index (Phi) is 14.3. The maximum atomic E-state index is 13.0. The van der Waals surface area contributed by atoms with E-state index in [4.69, 9.17) is 10.8 Å². The molecule has 0 radical (unpaired) electrons. The van der Waals surface area contributed by atoms with E-state index in [1.54, 1.807) is 50.0 Å². The van der Waals surface area contributed by atoms with Gasteiger partial charge in [0, 0.05) is 90.5 Å². The number of hydrogen-bond donors (Lipinski definition) is 3. The summed E-state index contributed by atoms with van der Waals surface area (Å²) >= 11 is 0. The van der Waals surface area contributed by atoms with Crippen LogP contribution in [0.15, 0.2) is 81.1 Å². The molecule has 1 amide bonds. The van der Waals surface area contributed by atoms with Gasteiger partial charge in [-0.05, 0) is 65.5 Å². The van der Waals surface area contributed by atoms with Gasteiger partial charge in [0.2, 0.25) is 17.8 Å². The van der Waals surface area contributed by atoms with E-state index in [2.05, 4.69) is 78.8 Å². The Morgan fingerprint density at radius 2 is 1.07 bits per heavy atom. The van der Waals surface area contributed by atoms with E-state index >= 15 is 0 Å². The summed E-state index contributed by atoms with van der Waals surface area (Å²) in [6, 6.07) is 2.41. The lowest BCUT2D eigenvalue weighted by Crippen LogP contribution is -2.38. The van der Waals surface area contributed by atoms with Gasteiger partial charge in [0.15, 0.2) is 34.0 Å². The Hall–Kier alpha value is -9.04. The van der Waals surface area contributed by atoms with Crippen molar-refractivity contribution in [2.45, 2.75) is 77.5 Å². The van der Waals surface area contributed by atoms with Gasteiger partial charge >= 0.3 is 17.3 Å². The molecule has 0 spiro atoms. The first-order valence-electron chi connectivity index (χ1n) is 23.2. The number of nitrogens with one attached hydrogen (secondary N) is 1. The van der Waals surface area contributed by atoms with Crippen molar-refractivity contribution in [1.29, 1.82) is 0 Å². The van der Waals surface area contributed by atoms with Crippen LogP contribution >= 0.6 is 0 Å². The highest BCUT2D eigenvalue weighted by Crippen LogP contribution is 2.25. The third kappa shape index (κ3) is 10.00. The van der Waals surface area contributed by atoms with Crippen LogP contribution < -0.4 is 43.3 Å². The molecule has 0 unspecified atom stereocenters. The summed E-state index contributed by atoms with van der Waals surface area (Å²) < 4.78 is 7.09. The minimum absolute atomic E-state index is 0.106. The van der Waals surface area contributed by atoms with Gasteiger partial charge in [-0.2, -0.15) is 0 Å². The molecule has 2 aliphatic heterocycles. The number of carboxylic acid groups (broad SMARTS) is 1. The molecule has 0 aromatic carbocycles. The van der Waals surface area contributed by atoms with Gasteiger partial charge in [0.25, 0.3) is 11.1 Å². The highest BCUT2D eigenvalue weighted by Gasteiger charge is 2.26. The Bertz CT molecular complexity index is 3600. The first-order chi connectivity index (χ1) is 34.9. The summed E-state index contributed by atoms with van der Waals surface area (Å²) in [6.45, 7) is 9.39. The molecule has 0 saturated carbocycles. The normalized spacial score (nSPS) is 16.2. The number of nitrogen functional groups attached to an aromatic ring is 1. The summed E-state index contributed by atoms with van der Waals surface area (Å²) in [6.07, 6.45) is 17.3. The molecule has 27 nitrogen and oxygen atoms in total. The van der Waals surface area contributed by atoms with Crippen molar-refractivity contribution in [2.24, 2.45) is 28.2 Å². The standard InChI is InChI=1S/C23H26N10O3.C13H16N6.C10H12N4O4/c1-13-6-5-9-32(13)22-25-10-15(11-26-22)18-24-8-7-16(28-18)29-20(34)14(2)33-12-27-19-17(33)21(35)31(4)23(36)30(19)3;1-9-3-2-6-19(9)13-16-7-10(8-17-13)12-15-5-4-11(14)18-12;1-5(9(16)17)14-4-11-7-6(14)8(15)13(3)10(18)12(7)2/h7-8,10-14H,5-6,9H2,1-4H3,(H,24,28,29,34);4-5,7-9H,2-3,6H2,1H3,(H2,14,15,18);4-5H,1-3H3,(H,16,17)/t13-,14+;9-;5-/m110/s1. The zero-order valence-electron chi connectivity index (χ0n) is 41.3. The lowest BCUT2D eigenvalue weighted by atomic mass is 10.2. The summed E-state index contributed by atoms with van der Waals surface area (Å²) in [7, 11) is 5.73. The molecule has 2 saturated heterocycles. The number of imidazole rings is 2. The number of fused-ring (bicyclic) bond motifs is 2. The summed E-state index contributed by atoms with van der Waals surface area (Å²) in [5, 5.41) is 11.7. The van der Waals surface area contributed by atoms with Crippen molar-refractivity contribution < 1.29 is 14.7 Å². The number of carboxylic acids is 1. The lowest BCUT2D eigenvalue weighted by Gasteiger charge is -2.20. The molecule has 10 heterocycles. The van der Waals surface area contributed by atoms with Crippen LogP contribution in [0, 0.1) is 0 Å². The van der Waals surface area contributed by atoms with Crippen molar-refractivity contribution in [1.82, 2.24) is 77.2 Å². The number of rotatable bonds is 9. The smallest absolute Gasteiger partial charge is 0.332 e. The van der Waals surface area contributed by atoms with Crippen LogP contribution in [0.2, 0.25) is 0 Å². The minimum Gasteiger partial charge on any atom is -0.480 e. The van der Waals surface area contributed by atoms with Crippen molar-refractivity contribution in [3.8, 4) is 22.8 Å². The number of amides is 1. The highest BCUT2D eigenvalue weighted by molar-refractivity contribution is 5.93. The molecule has 10 rings (SSSR count). The van der Waals surface area contributed by atoms with E-state index < -0.39 is 46.5 Å². The number of anilines is 4. The second kappa shape index (κ2) is 20.7. The average molecular weight is 999 g/mol. The number of aryl methyl sites for hydroxylation is 2. The molecule has 8 aromatic heterocycles. The molecule has 4 N–H and O–H groups in total. The van der Waals surface area contributed by atoms with Gasteiger partial charge in [0.05, 0.1) is 23.8 Å². The third-order valence-electron chi connectivity index (χ3n) is 12.9. The van der Waals surface area contributed by atoms with Crippen molar-refractivity contribution in [3.05, 3.63) is 104 Å². The molecule has 8 aromatic rings. The number of carbonyl (C=O) groups excluding carboxylic acids is 1. The molecule has 380 valence electrons. The van der Waals surface area contributed by atoms with Crippen molar-refractivity contribution in [3.63, 3.8) is 0 Å². The lowest BCUT2D eigenvalue weighted by molar-refractivity contribution is -0.140. The number of aliphatic carboxylic acids is 1. The number of carbonyl (C=O) groups is 2. The SMILES string of the molecule is C[C@@H](C(=O)O)n1cnc2c1c(=O)n(C)c(=O)n2C.C[C@@H]1CCCN1c1ncc(-c2nccc(N)n2)cn1.C[C@@H]1CCCN1c1ncc(-c2nccc(NC(=O)[C@H](C)n3cnc4c3c(=O)n(C)c(=O)n4C)n2)cn1.